The highest BCUT2D eigenvalue weighted by atomic mass is 15.2. The lowest BCUT2D eigenvalue weighted by Gasteiger charge is -2.37. The Bertz CT molecular complexity index is 416. The lowest BCUT2D eigenvalue weighted by Crippen LogP contribution is -2.44. The van der Waals surface area contributed by atoms with Gasteiger partial charge in [0.1, 0.15) is 0 Å². The van der Waals surface area contributed by atoms with E-state index >= 15 is 0 Å². The quantitative estimate of drug-likeness (QED) is 0.861. The molecule has 2 heteroatoms. The third kappa shape index (κ3) is 3.67. The highest BCUT2D eigenvalue weighted by Gasteiger charge is 2.38. The molecule has 2 heterocycles. The van der Waals surface area contributed by atoms with Crippen LogP contribution in [0.2, 0.25) is 0 Å². The molecule has 3 unspecified atom stereocenters. The third-order valence-corrected chi connectivity index (χ3v) is 5.71. The summed E-state index contributed by atoms with van der Waals surface area (Å²) in [7, 11) is 2.33. The number of piperidine rings is 1. The maximum absolute atomic E-state index is 3.85. The van der Waals surface area contributed by atoms with E-state index in [1.165, 1.54) is 44.2 Å². The molecule has 2 fully saturated rings. The summed E-state index contributed by atoms with van der Waals surface area (Å²) in [6, 6.07) is 13.3. The Morgan fingerprint density at radius 1 is 1.14 bits per heavy atom. The molecule has 2 bridgehead atoms. The van der Waals surface area contributed by atoms with E-state index in [-0.39, 0.29) is 0 Å². The molecular weight excluding hydrogens is 256 g/mol. The van der Waals surface area contributed by atoms with Crippen molar-refractivity contribution in [3.05, 3.63) is 35.9 Å². The minimum Gasteiger partial charge on any atom is -0.313 e. The number of fused-ring (bicyclic) bond motifs is 2. The van der Waals surface area contributed by atoms with Crippen LogP contribution in [0.4, 0.5) is 0 Å². The molecule has 3 atom stereocenters. The Balaban J connectivity index is 1.47. The predicted molar refractivity (Wildman–Crippen MR) is 89.5 cm³/mol. The predicted octanol–water partition coefficient (Wildman–Crippen LogP) is 3.47. The van der Waals surface area contributed by atoms with Crippen molar-refractivity contribution in [3.63, 3.8) is 0 Å². The van der Waals surface area contributed by atoms with E-state index in [2.05, 4.69) is 54.5 Å². The summed E-state index contributed by atoms with van der Waals surface area (Å²) in [5.41, 5.74) is 1.46. The first kappa shape index (κ1) is 15.1. The normalized spacial score (nSPS) is 30.5. The van der Waals surface area contributed by atoms with Crippen LogP contribution in [0.15, 0.2) is 30.3 Å². The minimum atomic E-state index is 0.629. The summed E-state index contributed by atoms with van der Waals surface area (Å²) in [6.07, 6.45) is 8.05. The van der Waals surface area contributed by atoms with Crippen molar-refractivity contribution < 1.29 is 0 Å². The number of nitrogens with zero attached hydrogens (tertiary/aromatic N) is 1. The Labute approximate surface area is 129 Å². The average Bonchev–Trinajstić information content (AvgIpc) is 2.74. The zero-order valence-electron chi connectivity index (χ0n) is 13.6. The van der Waals surface area contributed by atoms with E-state index in [9.17, 15) is 0 Å². The molecule has 0 amide bonds. The van der Waals surface area contributed by atoms with Gasteiger partial charge in [0.05, 0.1) is 0 Å². The van der Waals surface area contributed by atoms with Gasteiger partial charge >= 0.3 is 0 Å². The molecule has 1 aromatic rings. The third-order valence-electron chi connectivity index (χ3n) is 5.71. The van der Waals surface area contributed by atoms with Crippen LogP contribution in [0, 0.1) is 5.92 Å². The average molecular weight is 286 g/mol. The van der Waals surface area contributed by atoms with E-state index in [1.807, 2.05) is 0 Å². The van der Waals surface area contributed by atoms with E-state index in [1.54, 1.807) is 0 Å². The summed E-state index contributed by atoms with van der Waals surface area (Å²) in [6.45, 7) is 3.52. The van der Waals surface area contributed by atoms with Gasteiger partial charge in [0.2, 0.25) is 0 Å². The first-order chi connectivity index (χ1) is 10.3. The van der Waals surface area contributed by atoms with Gasteiger partial charge in [-0.05, 0) is 63.6 Å². The van der Waals surface area contributed by atoms with Gasteiger partial charge in [-0.15, -0.1) is 0 Å². The second-order valence-electron chi connectivity index (χ2n) is 7.09. The number of hydrogen-bond acceptors (Lipinski definition) is 2. The molecule has 2 nitrogen and oxygen atoms in total. The highest BCUT2D eigenvalue weighted by Crippen LogP contribution is 2.37. The van der Waals surface area contributed by atoms with Crippen molar-refractivity contribution in [1.29, 1.82) is 0 Å². The van der Waals surface area contributed by atoms with Crippen LogP contribution in [0.5, 0.6) is 0 Å². The van der Waals surface area contributed by atoms with Gasteiger partial charge in [0.25, 0.3) is 0 Å². The number of nitrogens with one attached hydrogen (secondary N) is 1. The molecule has 2 saturated heterocycles. The lowest BCUT2D eigenvalue weighted by molar-refractivity contribution is 0.131. The van der Waals surface area contributed by atoms with Crippen molar-refractivity contribution in [2.45, 2.75) is 63.6 Å². The van der Waals surface area contributed by atoms with Gasteiger partial charge in [-0.25, -0.2) is 0 Å². The molecule has 0 aromatic heterocycles. The molecule has 116 valence electrons. The first-order valence-electron chi connectivity index (χ1n) is 8.75. The van der Waals surface area contributed by atoms with Crippen molar-refractivity contribution in [3.8, 4) is 0 Å². The number of rotatable bonds is 6. The number of benzene rings is 1. The first-order valence-corrected chi connectivity index (χ1v) is 8.75. The highest BCUT2D eigenvalue weighted by molar-refractivity contribution is 5.15. The summed E-state index contributed by atoms with van der Waals surface area (Å²) in [4.78, 5) is 2.64. The standard InChI is InChI=1S/C19H30N2/c1-3-17(11-15-7-5-4-6-8-15)20-14-16-12-18-9-10-19(13-16)21(18)2/h4-8,16-20H,3,9-14H2,1-2H3. The van der Waals surface area contributed by atoms with Gasteiger partial charge in [0.15, 0.2) is 0 Å². The van der Waals surface area contributed by atoms with Gasteiger partial charge < -0.3 is 10.2 Å². The smallest absolute Gasteiger partial charge is 0.0105 e. The Hall–Kier alpha value is -0.860. The van der Waals surface area contributed by atoms with Gasteiger partial charge in [-0.1, -0.05) is 37.3 Å². The fourth-order valence-corrected chi connectivity index (χ4v) is 4.28. The van der Waals surface area contributed by atoms with Gasteiger partial charge in [-0.3, -0.25) is 0 Å². The molecule has 0 saturated carbocycles. The van der Waals surface area contributed by atoms with Crippen LogP contribution < -0.4 is 5.32 Å². The Morgan fingerprint density at radius 2 is 1.81 bits per heavy atom. The fourth-order valence-electron chi connectivity index (χ4n) is 4.28. The maximum atomic E-state index is 3.85. The summed E-state index contributed by atoms with van der Waals surface area (Å²) < 4.78 is 0. The Morgan fingerprint density at radius 3 is 2.43 bits per heavy atom. The second-order valence-corrected chi connectivity index (χ2v) is 7.09. The van der Waals surface area contributed by atoms with E-state index in [4.69, 9.17) is 0 Å². The van der Waals surface area contributed by atoms with E-state index in [0.717, 1.165) is 24.4 Å². The van der Waals surface area contributed by atoms with Crippen molar-refractivity contribution in [2.75, 3.05) is 13.6 Å². The maximum Gasteiger partial charge on any atom is 0.0105 e. The van der Waals surface area contributed by atoms with Crippen molar-refractivity contribution in [2.24, 2.45) is 5.92 Å². The summed E-state index contributed by atoms with van der Waals surface area (Å²) >= 11 is 0. The lowest BCUT2D eigenvalue weighted by atomic mass is 9.90. The molecule has 0 aliphatic carbocycles. The SMILES string of the molecule is CCC(Cc1ccccc1)NCC1CC2CCC(C1)N2C. The van der Waals surface area contributed by atoms with E-state index in [0.29, 0.717) is 6.04 Å². The molecule has 1 N–H and O–H groups in total. The van der Waals surface area contributed by atoms with E-state index < -0.39 is 0 Å². The Kier molecular flexibility index (Phi) is 4.97. The molecule has 3 rings (SSSR count). The molecule has 1 aromatic carbocycles. The van der Waals surface area contributed by atoms with Crippen LogP contribution in [0.3, 0.4) is 0 Å². The summed E-state index contributed by atoms with van der Waals surface area (Å²) in [5, 5.41) is 3.85. The largest absolute Gasteiger partial charge is 0.313 e. The molecule has 2 aliphatic rings. The molecule has 21 heavy (non-hydrogen) atoms. The molecule has 0 spiro atoms. The van der Waals surface area contributed by atoms with Gasteiger partial charge in [0, 0.05) is 18.1 Å². The van der Waals surface area contributed by atoms with Crippen LogP contribution in [0.25, 0.3) is 0 Å². The van der Waals surface area contributed by atoms with Crippen LogP contribution in [0.1, 0.15) is 44.6 Å². The zero-order chi connectivity index (χ0) is 14.7. The van der Waals surface area contributed by atoms with Crippen LogP contribution >= 0.6 is 0 Å². The monoisotopic (exact) mass is 286 g/mol. The summed E-state index contributed by atoms with van der Waals surface area (Å²) in [5.74, 6) is 0.892. The van der Waals surface area contributed by atoms with Crippen molar-refractivity contribution in [1.82, 2.24) is 10.2 Å². The zero-order valence-corrected chi connectivity index (χ0v) is 13.6. The molecule has 2 aliphatic heterocycles. The van der Waals surface area contributed by atoms with Crippen molar-refractivity contribution >= 4 is 0 Å². The minimum absolute atomic E-state index is 0.629. The molecule has 0 radical (unpaired) electrons. The fraction of sp³-hybridized carbons (Fsp3) is 0.684. The number of hydrogen-bond donors (Lipinski definition) is 1. The molecular formula is C19H30N2. The van der Waals surface area contributed by atoms with Crippen LogP contribution in [-0.4, -0.2) is 36.6 Å². The second kappa shape index (κ2) is 6.93. The van der Waals surface area contributed by atoms with Crippen LogP contribution in [-0.2, 0) is 6.42 Å². The van der Waals surface area contributed by atoms with Gasteiger partial charge in [-0.2, -0.15) is 0 Å². The topological polar surface area (TPSA) is 15.3 Å².